The molecule has 0 amide bonds. The molecule has 3 aromatic heterocycles. The van der Waals surface area contributed by atoms with Crippen molar-refractivity contribution in [3.05, 3.63) is 72.8 Å². The van der Waals surface area contributed by atoms with Crippen molar-refractivity contribution >= 4 is 22.2 Å². The number of rotatable bonds is 4. The number of ether oxygens (including phenoxy) is 1. The van der Waals surface area contributed by atoms with Crippen LogP contribution in [0.3, 0.4) is 0 Å². The van der Waals surface area contributed by atoms with Crippen LogP contribution in [-0.4, -0.2) is 31.6 Å². The van der Waals surface area contributed by atoms with E-state index in [9.17, 15) is 0 Å². The Labute approximate surface area is 174 Å². The van der Waals surface area contributed by atoms with Gasteiger partial charge < -0.3 is 4.74 Å². The molecule has 0 atom stereocenters. The predicted molar refractivity (Wildman–Crippen MR) is 118 cm³/mol. The van der Waals surface area contributed by atoms with Crippen LogP contribution in [0.4, 0.5) is 0 Å². The van der Waals surface area contributed by atoms with E-state index in [1.54, 1.807) is 25.8 Å². The topological polar surface area (TPSA) is 65.7 Å². The number of hydrogen-bond acceptors (Lipinski definition) is 5. The van der Waals surface area contributed by atoms with Gasteiger partial charge >= 0.3 is 0 Å². The van der Waals surface area contributed by atoms with Crippen LogP contribution in [0.2, 0.25) is 0 Å². The van der Waals surface area contributed by atoms with Gasteiger partial charge in [-0.15, -0.1) is 0 Å². The molecule has 0 aliphatic carbocycles. The van der Waals surface area contributed by atoms with Gasteiger partial charge in [0.05, 0.1) is 30.2 Å². The SMILES string of the molecule is COc1ccc(C(C)C)cc1-n1cnc2nc(-c3cccc4ncccc34)cnc21. The van der Waals surface area contributed by atoms with Gasteiger partial charge in [-0.05, 0) is 35.7 Å². The van der Waals surface area contributed by atoms with Gasteiger partial charge in [-0.1, -0.05) is 38.1 Å². The highest BCUT2D eigenvalue weighted by atomic mass is 16.5. The van der Waals surface area contributed by atoms with Crippen LogP contribution in [0.15, 0.2) is 67.3 Å². The van der Waals surface area contributed by atoms with Crippen molar-refractivity contribution in [3.8, 4) is 22.7 Å². The molecule has 5 rings (SSSR count). The fourth-order valence-electron chi connectivity index (χ4n) is 3.68. The number of fused-ring (bicyclic) bond motifs is 2. The molecule has 0 aliphatic rings. The zero-order valence-corrected chi connectivity index (χ0v) is 17.1. The maximum absolute atomic E-state index is 5.59. The molecule has 3 heterocycles. The van der Waals surface area contributed by atoms with Gasteiger partial charge in [-0.25, -0.2) is 15.0 Å². The van der Waals surface area contributed by atoms with Crippen LogP contribution < -0.4 is 4.74 Å². The summed E-state index contributed by atoms with van der Waals surface area (Å²) in [5.74, 6) is 1.17. The van der Waals surface area contributed by atoms with E-state index in [2.05, 4.69) is 35.9 Å². The van der Waals surface area contributed by atoms with Gasteiger partial charge in [0.1, 0.15) is 12.1 Å². The highest BCUT2D eigenvalue weighted by Gasteiger charge is 2.15. The largest absolute Gasteiger partial charge is 0.495 e. The Kier molecular flexibility index (Phi) is 4.39. The second kappa shape index (κ2) is 7.22. The maximum atomic E-state index is 5.59. The third kappa shape index (κ3) is 2.97. The van der Waals surface area contributed by atoms with Crippen molar-refractivity contribution < 1.29 is 4.74 Å². The molecule has 0 N–H and O–H groups in total. The third-order valence-electron chi connectivity index (χ3n) is 5.31. The lowest BCUT2D eigenvalue weighted by molar-refractivity contribution is 0.413. The molecular weight excluding hydrogens is 374 g/mol. The second-order valence-electron chi connectivity index (χ2n) is 7.48. The standard InChI is InChI=1S/C24H21N5O/c1-15(2)16-9-10-22(30-3)21(12-16)29-14-27-23-24(29)26-13-20(28-23)18-6-4-8-19-17(18)7-5-11-25-19/h4-15H,1-3H3. The molecule has 0 radical (unpaired) electrons. The van der Waals surface area contributed by atoms with Crippen molar-refractivity contribution in [1.29, 1.82) is 0 Å². The summed E-state index contributed by atoms with van der Waals surface area (Å²) in [6.07, 6.45) is 5.34. The number of imidazole rings is 1. The Morgan fingerprint density at radius 2 is 1.87 bits per heavy atom. The van der Waals surface area contributed by atoms with E-state index in [1.165, 1.54) is 5.56 Å². The smallest absolute Gasteiger partial charge is 0.198 e. The molecule has 30 heavy (non-hydrogen) atoms. The average molecular weight is 395 g/mol. The molecule has 148 valence electrons. The van der Waals surface area contributed by atoms with E-state index in [1.807, 2.05) is 41.0 Å². The van der Waals surface area contributed by atoms with Crippen LogP contribution in [0.25, 0.3) is 39.1 Å². The number of pyridine rings is 1. The molecule has 0 bridgehead atoms. The lowest BCUT2D eigenvalue weighted by Gasteiger charge is -2.13. The minimum atomic E-state index is 0.405. The van der Waals surface area contributed by atoms with Crippen molar-refractivity contribution in [2.24, 2.45) is 0 Å². The molecule has 0 saturated carbocycles. The fraction of sp³-hybridized carbons (Fsp3) is 0.167. The van der Waals surface area contributed by atoms with Crippen molar-refractivity contribution in [3.63, 3.8) is 0 Å². The van der Waals surface area contributed by atoms with Crippen LogP contribution in [-0.2, 0) is 0 Å². The summed E-state index contributed by atoms with van der Waals surface area (Å²) in [5.41, 5.74) is 6.10. The fourth-order valence-corrected chi connectivity index (χ4v) is 3.68. The number of benzene rings is 2. The number of aromatic nitrogens is 5. The Bertz CT molecular complexity index is 1370. The molecule has 0 fully saturated rings. The number of nitrogens with zero attached hydrogens (tertiary/aromatic N) is 5. The average Bonchev–Trinajstić information content (AvgIpc) is 3.21. The summed E-state index contributed by atoms with van der Waals surface area (Å²) in [6, 6.07) is 16.2. The van der Waals surface area contributed by atoms with E-state index in [4.69, 9.17) is 14.7 Å². The lowest BCUT2D eigenvalue weighted by atomic mass is 10.0. The minimum absolute atomic E-state index is 0.405. The van der Waals surface area contributed by atoms with Gasteiger partial charge in [0, 0.05) is 17.1 Å². The maximum Gasteiger partial charge on any atom is 0.198 e. The van der Waals surface area contributed by atoms with Gasteiger partial charge in [0.2, 0.25) is 0 Å². The van der Waals surface area contributed by atoms with Gasteiger partial charge in [-0.3, -0.25) is 9.55 Å². The normalized spacial score (nSPS) is 11.5. The Balaban J connectivity index is 1.66. The second-order valence-corrected chi connectivity index (χ2v) is 7.48. The van der Waals surface area contributed by atoms with Crippen LogP contribution >= 0.6 is 0 Å². The summed E-state index contributed by atoms with van der Waals surface area (Å²) in [5, 5.41) is 1.04. The molecule has 0 aliphatic heterocycles. The first-order chi connectivity index (χ1) is 14.7. The van der Waals surface area contributed by atoms with E-state index in [0.29, 0.717) is 17.2 Å². The van der Waals surface area contributed by atoms with Crippen molar-refractivity contribution in [1.82, 2.24) is 24.5 Å². The molecule has 5 aromatic rings. The first-order valence-corrected chi connectivity index (χ1v) is 9.88. The van der Waals surface area contributed by atoms with E-state index >= 15 is 0 Å². The lowest BCUT2D eigenvalue weighted by Crippen LogP contribution is -2.00. The Morgan fingerprint density at radius 3 is 2.70 bits per heavy atom. The molecule has 2 aromatic carbocycles. The van der Waals surface area contributed by atoms with Crippen molar-refractivity contribution in [2.75, 3.05) is 7.11 Å². The highest BCUT2D eigenvalue weighted by molar-refractivity contribution is 5.94. The predicted octanol–water partition coefficient (Wildman–Crippen LogP) is 5.16. The summed E-state index contributed by atoms with van der Waals surface area (Å²) < 4.78 is 7.52. The van der Waals surface area contributed by atoms with E-state index in [0.717, 1.165) is 33.6 Å². The minimum Gasteiger partial charge on any atom is -0.495 e. The molecule has 0 saturated heterocycles. The van der Waals surface area contributed by atoms with Crippen LogP contribution in [0.5, 0.6) is 5.75 Å². The molecule has 6 nitrogen and oxygen atoms in total. The van der Waals surface area contributed by atoms with Gasteiger partial charge in [-0.2, -0.15) is 0 Å². The zero-order chi connectivity index (χ0) is 20.7. The molecule has 0 spiro atoms. The summed E-state index contributed by atoms with van der Waals surface area (Å²) in [7, 11) is 1.67. The molecular formula is C24H21N5O. The summed E-state index contributed by atoms with van der Waals surface area (Å²) in [6.45, 7) is 4.34. The zero-order valence-electron chi connectivity index (χ0n) is 17.1. The third-order valence-corrected chi connectivity index (χ3v) is 5.31. The van der Waals surface area contributed by atoms with Gasteiger partial charge in [0.25, 0.3) is 0 Å². The first-order valence-electron chi connectivity index (χ1n) is 9.88. The summed E-state index contributed by atoms with van der Waals surface area (Å²) >= 11 is 0. The number of hydrogen-bond donors (Lipinski definition) is 0. The quantitative estimate of drug-likeness (QED) is 0.420. The van der Waals surface area contributed by atoms with Crippen LogP contribution in [0.1, 0.15) is 25.3 Å². The van der Waals surface area contributed by atoms with E-state index < -0.39 is 0 Å². The monoisotopic (exact) mass is 395 g/mol. The highest BCUT2D eigenvalue weighted by Crippen LogP contribution is 2.31. The molecule has 0 unspecified atom stereocenters. The Hall–Kier alpha value is -3.80. The summed E-state index contributed by atoms with van der Waals surface area (Å²) in [4.78, 5) is 18.5. The van der Waals surface area contributed by atoms with Gasteiger partial charge in [0.15, 0.2) is 11.3 Å². The van der Waals surface area contributed by atoms with E-state index in [-0.39, 0.29) is 0 Å². The molecule has 6 heteroatoms. The Morgan fingerprint density at radius 1 is 0.967 bits per heavy atom. The van der Waals surface area contributed by atoms with Crippen LogP contribution in [0, 0.1) is 0 Å². The number of methoxy groups -OCH3 is 1. The van der Waals surface area contributed by atoms with Crippen molar-refractivity contribution in [2.45, 2.75) is 19.8 Å². The first kappa shape index (κ1) is 18.2.